The number of benzene rings is 2. The smallest absolute Gasteiger partial charge is 0.326 e. The van der Waals surface area contributed by atoms with E-state index in [0.29, 0.717) is 30.5 Å². The van der Waals surface area contributed by atoms with Gasteiger partial charge in [0, 0.05) is 12.1 Å². The van der Waals surface area contributed by atoms with Gasteiger partial charge in [0.2, 0.25) is 0 Å². The minimum absolute atomic E-state index is 0.0242. The van der Waals surface area contributed by atoms with E-state index in [1.807, 2.05) is 0 Å². The van der Waals surface area contributed by atoms with E-state index < -0.39 is 22.5 Å². The Morgan fingerprint density at radius 3 is 2.57 bits per heavy atom. The molecule has 2 aromatic rings. The molecule has 1 aliphatic rings. The summed E-state index contributed by atoms with van der Waals surface area (Å²) >= 11 is 0. The first-order valence-electron chi connectivity index (χ1n) is 8.67. The second kappa shape index (κ2) is 8.39. The largest absolute Gasteiger partial charge is 0.497 e. The maximum Gasteiger partial charge on any atom is 0.326 e. The Morgan fingerprint density at radius 1 is 1.11 bits per heavy atom. The van der Waals surface area contributed by atoms with Crippen LogP contribution in [0.2, 0.25) is 0 Å². The lowest BCUT2D eigenvalue weighted by Crippen LogP contribution is -2.36. The number of hydrogen-bond acceptors (Lipinski definition) is 7. The van der Waals surface area contributed by atoms with Crippen molar-refractivity contribution in [3.63, 3.8) is 0 Å². The summed E-state index contributed by atoms with van der Waals surface area (Å²) in [6, 6.07) is 10.8. The Balaban J connectivity index is 2.03. The average Bonchev–Trinajstić information content (AvgIpc) is 2.71. The monoisotopic (exact) mass is 407 g/mol. The van der Waals surface area contributed by atoms with Crippen LogP contribution >= 0.6 is 0 Å². The lowest BCUT2D eigenvalue weighted by molar-refractivity contribution is -0.141. The third-order valence-electron chi connectivity index (χ3n) is 4.02. The minimum atomic E-state index is -4.08. The Morgan fingerprint density at radius 2 is 1.86 bits per heavy atom. The number of ether oxygens (including phenoxy) is 4. The van der Waals surface area contributed by atoms with E-state index in [2.05, 4.69) is 0 Å². The van der Waals surface area contributed by atoms with E-state index in [1.54, 1.807) is 25.1 Å². The second-order valence-electron chi connectivity index (χ2n) is 5.82. The summed E-state index contributed by atoms with van der Waals surface area (Å²) in [5.41, 5.74) is 0.280. The number of fused-ring (bicyclic) bond motifs is 1. The van der Waals surface area contributed by atoms with Gasteiger partial charge in [0.15, 0.2) is 11.5 Å². The van der Waals surface area contributed by atoms with Crippen molar-refractivity contribution in [1.82, 2.24) is 0 Å². The van der Waals surface area contributed by atoms with Crippen molar-refractivity contribution in [3.8, 4) is 17.2 Å². The summed E-state index contributed by atoms with van der Waals surface area (Å²) in [4.78, 5) is 12.1. The van der Waals surface area contributed by atoms with Crippen molar-refractivity contribution in [1.29, 1.82) is 0 Å². The third-order valence-corrected chi connectivity index (χ3v) is 5.79. The predicted molar refractivity (Wildman–Crippen MR) is 102 cm³/mol. The topological polar surface area (TPSA) is 91.4 Å². The number of sulfonamides is 1. The molecule has 0 radical (unpaired) electrons. The lowest BCUT2D eigenvalue weighted by Gasteiger charge is -2.25. The fourth-order valence-electron chi connectivity index (χ4n) is 2.72. The molecule has 0 unspecified atom stereocenters. The molecule has 3 rings (SSSR count). The fourth-order valence-corrected chi connectivity index (χ4v) is 4.13. The molecule has 8 nitrogen and oxygen atoms in total. The van der Waals surface area contributed by atoms with Crippen LogP contribution in [0.3, 0.4) is 0 Å². The van der Waals surface area contributed by atoms with Gasteiger partial charge in [-0.2, -0.15) is 0 Å². The van der Waals surface area contributed by atoms with Crippen LogP contribution in [0.5, 0.6) is 17.2 Å². The Labute approximate surface area is 163 Å². The average molecular weight is 407 g/mol. The molecule has 0 saturated carbocycles. The van der Waals surface area contributed by atoms with Crippen LogP contribution in [0.15, 0.2) is 47.4 Å². The second-order valence-corrected chi connectivity index (χ2v) is 7.69. The fraction of sp³-hybridized carbons (Fsp3) is 0.316. The van der Waals surface area contributed by atoms with Crippen molar-refractivity contribution >= 4 is 21.7 Å². The van der Waals surface area contributed by atoms with Crippen LogP contribution in [0.25, 0.3) is 0 Å². The number of anilines is 1. The molecule has 0 spiro atoms. The van der Waals surface area contributed by atoms with Crippen molar-refractivity contribution in [2.24, 2.45) is 0 Å². The molecular formula is C19H21NO7S. The lowest BCUT2D eigenvalue weighted by atomic mass is 10.3. The molecule has 0 amide bonds. The predicted octanol–water partition coefficient (Wildman–Crippen LogP) is 2.22. The van der Waals surface area contributed by atoms with Gasteiger partial charge in [-0.15, -0.1) is 0 Å². The number of carbonyl (C=O) groups is 1. The van der Waals surface area contributed by atoms with E-state index in [1.165, 1.54) is 31.4 Å². The van der Waals surface area contributed by atoms with Gasteiger partial charge in [-0.05, 0) is 31.2 Å². The zero-order valence-corrected chi connectivity index (χ0v) is 16.4. The molecule has 0 saturated heterocycles. The highest BCUT2D eigenvalue weighted by atomic mass is 32.2. The van der Waals surface area contributed by atoms with Crippen LogP contribution in [0.1, 0.15) is 6.92 Å². The molecule has 0 fully saturated rings. The van der Waals surface area contributed by atoms with Crippen LogP contribution in [0, 0.1) is 0 Å². The molecule has 150 valence electrons. The van der Waals surface area contributed by atoms with Crippen molar-refractivity contribution < 1.29 is 32.2 Å². The standard InChI is InChI=1S/C19H21NO7S/c1-3-25-19(21)13-20(14-5-4-6-15(11-14)24-2)28(22,23)16-7-8-17-18(12-16)27-10-9-26-17/h4-8,11-12H,3,9-10,13H2,1-2H3. The van der Waals surface area contributed by atoms with Gasteiger partial charge in [0.05, 0.1) is 24.3 Å². The highest BCUT2D eigenvalue weighted by Gasteiger charge is 2.29. The molecule has 0 aromatic heterocycles. The maximum absolute atomic E-state index is 13.3. The molecule has 0 atom stereocenters. The Hall–Kier alpha value is -2.94. The zero-order chi connectivity index (χ0) is 20.1. The molecule has 1 aliphatic heterocycles. The molecule has 0 aliphatic carbocycles. The first kappa shape index (κ1) is 19.8. The van der Waals surface area contributed by atoms with E-state index >= 15 is 0 Å². The Kier molecular flexibility index (Phi) is 5.93. The van der Waals surface area contributed by atoms with Gasteiger partial charge in [-0.3, -0.25) is 9.10 Å². The van der Waals surface area contributed by atoms with Gasteiger partial charge in [-0.1, -0.05) is 6.07 Å². The normalized spacial score (nSPS) is 12.9. The number of hydrogen-bond donors (Lipinski definition) is 0. The SMILES string of the molecule is CCOC(=O)CN(c1cccc(OC)c1)S(=O)(=O)c1ccc2c(c1)OCCO2. The van der Waals surface area contributed by atoms with Crippen LogP contribution < -0.4 is 18.5 Å². The van der Waals surface area contributed by atoms with Crippen LogP contribution in [-0.4, -0.2) is 47.9 Å². The molecule has 0 N–H and O–H groups in total. The van der Waals surface area contributed by atoms with E-state index in [0.717, 1.165) is 4.31 Å². The molecule has 1 heterocycles. The number of nitrogens with zero attached hydrogens (tertiary/aromatic N) is 1. The van der Waals surface area contributed by atoms with Crippen molar-refractivity contribution in [3.05, 3.63) is 42.5 Å². The summed E-state index contributed by atoms with van der Waals surface area (Å²) in [6.07, 6.45) is 0. The molecular weight excluding hydrogens is 386 g/mol. The molecule has 2 aromatic carbocycles. The van der Waals surface area contributed by atoms with Crippen molar-refractivity contribution in [2.75, 3.05) is 37.8 Å². The number of rotatable bonds is 7. The van der Waals surface area contributed by atoms with E-state index in [-0.39, 0.29) is 17.2 Å². The number of esters is 1. The highest BCUT2D eigenvalue weighted by molar-refractivity contribution is 7.92. The van der Waals surface area contributed by atoms with Gasteiger partial charge in [0.1, 0.15) is 25.5 Å². The quantitative estimate of drug-likeness (QED) is 0.650. The van der Waals surface area contributed by atoms with Gasteiger partial charge < -0.3 is 18.9 Å². The van der Waals surface area contributed by atoms with Gasteiger partial charge >= 0.3 is 5.97 Å². The maximum atomic E-state index is 13.3. The first-order chi connectivity index (χ1) is 13.5. The summed E-state index contributed by atoms with van der Waals surface area (Å²) < 4.78 is 48.7. The third kappa shape index (κ3) is 4.14. The highest BCUT2D eigenvalue weighted by Crippen LogP contribution is 2.34. The number of carbonyl (C=O) groups excluding carboxylic acids is 1. The van der Waals surface area contributed by atoms with E-state index in [4.69, 9.17) is 18.9 Å². The van der Waals surface area contributed by atoms with Gasteiger partial charge in [0.25, 0.3) is 10.0 Å². The van der Waals surface area contributed by atoms with Crippen LogP contribution in [0.4, 0.5) is 5.69 Å². The molecule has 0 bridgehead atoms. The summed E-state index contributed by atoms with van der Waals surface area (Å²) in [7, 11) is -2.61. The molecule has 9 heteroatoms. The Bertz CT molecular complexity index is 959. The van der Waals surface area contributed by atoms with E-state index in [9.17, 15) is 13.2 Å². The summed E-state index contributed by atoms with van der Waals surface area (Å²) in [6.45, 7) is 2.06. The van der Waals surface area contributed by atoms with Gasteiger partial charge in [-0.25, -0.2) is 8.42 Å². The van der Waals surface area contributed by atoms with Crippen LogP contribution in [-0.2, 0) is 19.6 Å². The molecule has 28 heavy (non-hydrogen) atoms. The number of methoxy groups -OCH3 is 1. The minimum Gasteiger partial charge on any atom is -0.497 e. The zero-order valence-electron chi connectivity index (χ0n) is 15.6. The first-order valence-corrected chi connectivity index (χ1v) is 10.1. The summed E-state index contributed by atoms with van der Waals surface area (Å²) in [5.74, 6) is 0.618. The van der Waals surface area contributed by atoms with Crippen molar-refractivity contribution in [2.45, 2.75) is 11.8 Å². The summed E-state index contributed by atoms with van der Waals surface area (Å²) in [5, 5.41) is 0.